The van der Waals surface area contributed by atoms with Gasteiger partial charge < -0.3 is 9.84 Å². The summed E-state index contributed by atoms with van der Waals surface area (Å²) in [6.07, 6.45) is 2.16. The standard InChI is InChI=1S/C13H19NO3/c1-4-5-9(2)8-17-12-11(13(15)16)7-6-10(3)14-12/h6-7,9H,4-5,8H2,1-3H3,(H,15,16). The van der Waals surface area contributed by atoms with E-state index in [-0.39, 0.29) is 11.4 Å². The van der Waals surface area contributed by atoms with Crippen molar-refractivity contribution in [2.45, 2.75) is 33.6 Å². The number of nitrogens with zero attached hydrogens (tertiary/aromatic N) is 1. The lowest BCUT2D eigenvalue weighted by molar-refractivity contribution is 0.0690. The summed E-state index contributed by atoms with van der Waals surface area (Å²) in [7, 11) is 0. The summed E-state index contributed by atoms with van der Waals surface area (Å²) in [6.45, 7) is 6.52. The number of ether oxygens (including phenoxy) is 1. The van der Waals surface area contributed by atoms with E-state index >= 15 is 0 Å². The third-order valence-corrected chi connectivity index (χ3v) is 2.52. The summed E-state index contributed by atoms with van der Waals surface area (Å²) < 4.78 is 5.50. The Morgan fingerprint density at radius 3 is 2.82 bits per heavy atom. The van der Waals surface area contributed by atoms with E-state index in [9.17, 15) is 4.79 Å². The van der Waals surface area contributed by atoms with Gasteiger partial charge in [0, 0.05) is 5.69 Å². The summed E-state index contributed by atoms with van der Waals surface area (Å²) in [5.74, 6) is -0.375. The lowest BCUT2D eigenvalue weighted by Crippen LogP contribution is -2.12. The topological polar surface area (TPSA) is 59.4 Å². The van der Waals surface area contributed by atoms with E-state index in [0.29, 0.717) is 12.5 Å². The van der Waals surface area contributed by atoms with Gasteiger partial charge in [-0.2, -0.15) is 0 Å². The Balaban J connectivity index is 2.75. The van der Waals surface area contributed by atoms with Gasteiger partial charge in [-0.25, -0.2) is 9.78 Å². The van der Waals surface area contributed by atoms with Gasteiger partial charge >= 0.3 is 5.97 Å². The highest BCUT2D eigenvalue weighted by Gasteiger charge is 2.13. The number of pyridine rings is 1. The fourth-order valence-electron chi connectivity index (χ4n) is 1.60. The van der Waals surface area contributed by atoms with Crippen molar-refractivity contribution in [3.8, 4) is 5.88 Å². The highest BCUT2D eigenvalue weighted by molar-refractivity contribution is 5.90. The van der Waals surface area contributed by atoms with Crippen LogP contribution < -0.4 is 4.74 Å². The highest BCUT2D eigenvalue weighted by atomic mass is 16.5. The molecule has 4 heteroatoms. The third kappa shape index (κ3) is 4.06. The summed E-state index contributed by atoms with van der Waals surface area (Å²) >= 11 is 0. The fourth-order valence-corrected chi connectivity index (χ4v) is 1.60. The molecule has 1 unspecified atom stereocenters. The number of carboxylic acid groups (broad SMARTS) is 1. The van der Waals surface area contributed by atoms with Gasteiger partial charge in [-0.3, -0.25) is 0 Å². The van der Waals surface area contributed by atoms with Crippen LogP contribution in [0.2, 0.25) is 0 Å². The number of rotatable bonds is 6. The molecular weight excluding hydrogens is 218 g/mol. The van der Waals surface area contributed by atoms with Crippen molar-refractivity contribution >= 4 is 5.97 Å². The number of hydrogen-bond donors (Lipinski definition) is 1. The second kappa shape index (κ2) is 6.23. The summed E-state index contributed by atoms with van der Waals surface area (Å²) in [6, 6.07) is 3.20. The van der Waals surface area contributed by atoms with Gasteiger partial charge in [-0.1, -0.05) is 20.3 Å². The molecule has 0 amide bonds. The Morgan fingerprint density at radius 2 is 2.24 bits per heavy atom. The van der Waals surface area contributed by atoms with Crippen molar-refractivity contribution in [2.75, 3.05) is 6.61 Å². The molecule has 0 fully saturated rings. The highest BCUT2D eigenvalue weighted by Crippen LogP contribution is 2.17. The minimum absolute atomic E-state index is 0.124. The second-order valence-electron chi connectivity index (χ2n) is 4.32. The van der Waals surface area contributed by atoms with Crippen LogP contribution >= 0.6 is 0 Å². The van der Waals surface area contributed by atoms with Crippen LogP contribution in [0.3, 0.4) is 0 Å². The van der Waals surface area contributed by atoms with E-state index in [2.05, 4.69) is 18.8 Å². The molecule has 1 N–H and O–H groups in total. The van der Waals surface area contributed by atoms with Crippen LogP contribution in [0.25, 0.3) is 0 Å². The van der Waals surface area contributed by atoms with Crippen molar-refractivity contribution < 1.29 is 14.6 Å². The third-order valence-electron chi connectivity index (χ3n) is 2.52. The van der Waals surface area contributed by atoms with E-state index in [1.54, 1.807) is 6.07 Å². The minimum atomic E-state index is -1.00. The second-order valence-corrected chi connectivity index (χ2v) is 4.32. The molecule has 0 aliphatic rings. The fraction of sp³-hybridized carbons (Fsp3) is 0.538. The summed E-state index contributed by atoms with van der Waals surface area (Å²) in [5, 5.41) is 9.01. The lowest BCUT2D eigenvalue weighted by Gasteiger charge is -2.13. The van der Waals surface area contributed by atoms with Gasteiger partial charge in [0.05, 0.1) is 6.61 Å². The number of aromatic nitrogens is 1. The maximum Gasteiger partial charge on any atom is 0.341 e. The summed E-state index contributed by atoms with van der Waals surface area (Å²) in [5.41, 5.74) is 0.882. The smallest absolute Gasteiger partial charge is 0.341 e. The lowest BCUT2D eigenvalue weighted by atomic mass is 10.1. The molecule has 4 nitrogen and oxygen atoms in total. The van der Waals surface area contributed by atoms with Crippen molar-refractivity contribution in [2.24, 2.45) is 5.92 Å². The van der Waals surface area contributed by atoms with Crippen molar-refractivity contribution in [3.63, 3.8) is 0 Å². The van der Waals surface area contributed by atoms with Crippen LogP contribution in [0.5, 0.6) is 5.88 Å². The monoisotopic (exact) mass is 237 g/mol. The average molecular weight is 237 g/mol. The number of hydrogen-bond acceptors (Lipinski definition) is 3. The number of carboxylic acids is 1. The first-order valence-electron chi connectivity index (χ1n) is 5.88. The molecule has 0 aromatic carbocycles. The number of carbonyl (C=O) groups is 1. The van der Waals surface area contributed by atoms with Gasteiger partial charge in [0.15, 0.2) is 0 Å². The molecular formula is C13H19NO3. The first-order chi connectivity index (χ1) is 8.04. The average Bonchev–Trinajstić information content (AvgIpc) is 2.26. The Kier molecular flexibility index (Phi) is 4.94. The molecule has 0 bridgehead atoms. The van der Waals surface area contributed by atoms with Crippen LogP contribution in [0.4, 0.5) is 0 Å². The van der Waals surface area contributed by atoms with Crippen molar-refractivity contribution in [1.82, 2.24) is 4.98 Å². The van der Waals surface area contributed by atoms with Gasteiger partial charge in [0.1, 0.15) is 5.56 Å². The zero-order valence-electron chi connectivity index (χ0n) is 10.6. The maximum absolute atomic E-state index is 11.0. The molecule has 94 valence electrons. The predicted octanol–water partition coefficient (Wildman–Crippen LogP) is 2.90. The van der Waals surface area contributed by atoms with Crippen LogP contribution in [-0.4, -0.2) is 22.7 Å². The first kappa shape index (κ1) is 13.5. The maximum atomic E-state index is 11.0. The Morgan fingerprint density at radius 1 is 1.53 bits per heavy atom. The normalized spacial score (nSPS) is 12.2. The first-order valence-corrected chi connectivity index (χ1v) is 5.88. The molecule has 1 aromatic heterocycles. The molecule has 17 heavy (non-hydrogen) atoms. The molecule has 1 aromatic rings. The molecule has 0 saturated heterocycles. The molecule has 1 rings (SSSR count). The number of aryl methyl sites for hydroxylation is 1. The zero-order chi connectivity index (χ0) is 12.8. The van der Waals surface area contributed by atoms with Crippen LogP contribution in [-0.2, 0) is 0 Å². The minimum Gasteiger partial charge on any atom is -0.477 e. The van der Waals surface area contributed by atoms with Gasteiger partial charge in [-0.05, 0) is 31.4 Å². The van der Waals surface area contributed by atoms with E-state index in [4.69, 9.17) is 9.84 Å². The molecule has 0 aliphatic heterocycles. The quantitative estimate of drug-likeness (QED) is 0.826. The largest absolute Gasteiger partial charge is 0.477 e. The van der Waals surface area contributed by atoms with Gasteiger partial charge in [-0.15, -0.1) is 0 Å². The van der Waals surface area contributed by atoms with Gasteiger partial charge in [0.25, 0.3) is 0 Å². The Labute approximate surface area is 102 Å². The molecule has 0 radical (unpaired) electrons. The van der Waals surface area contributed by atoms with Crippen molar-refractivity contribution in [1.29, 1.82) is 0 Å². The van der Waals surface area contributed by atoms with E-state index < -0.39 is 5.97 Å². The number of aromatic carboxylic acids is 1. The Hall–Kier alpha value is -1.58. The Bertz CT molecular complexity index is 390. The van der Waals surface area contributed by atoms with E-state index in [1.165, 1.54) is 6.07 Å². The molecule has 0 aliphatic carbocycles. The van der Waals surface area contributed by atoms with Crippen LogP contribution in [0.15, 0.2) is 12.1 Å². The molecule has 0 saturated carbocycles. The predicted molar refractivity (Wildman–Crippen MR) is 65.5 cm³/mol. The van der Waals surface area contributed by atoms with Crippen LogP contribution in [0, 0.1) is 12.8 Å². The molecule has 0 spiro atoms. The van der Waals surface area contributed by atoms with Crippen LogP contribution in [0.1, 0.15) is 42.7 Å². The zero-order valence-corrected chi connectivity index (χ0v) is 10.6. The molecule has 1 heterocycles. The molecule has 1 atom stereocenters. The van der Waals surface area contributed by atoms with E-state index in [1.807, 2.05) is 6.92 Å². The SMILES string of the molecule is CCCC(C)COc1nc(C)ccc1C(=O)O. The van der Waals surface area contributed by atoms with Gasteiger partial charge in [0.2, 0.25) is 5.88 Å². The summed E-state index contributed by atoms with van der Waals surface area (Å²) in [4.78, 5) is 15.1. The van der Waals surface area contributed by atoms with Crippen molar-refractivity contribution in [3.05, 3.63) is 23.4 Å². The van der Waals surface area contributed by atoms with E-state index in [0.717, 1.165) is 18.5 Å².